The summed E-state index contributed by atoms with van der Waals surface area (Å²) >= 11 is 0. The Bertz CT molecular complexity index is 707. The summed E-state index contributed by atoms with van der Waals surface area (Å²) in [5.74, 6) is 0.509. The first kappa shape index (κ1) is 25.8. The molecule has 0 saturated heterocycles. The summed E-state index contributed by atoms with van der Waals surface area (Å²) in [6, 6.07) is 5.25. The van der Waals surface area contributed by atoms with Crippen LogP contribution in [0.5, 0.6) is 0 Å². The lowest BCUT2D eigenvalue weighted by atomic mass is 9.91. The van der Waals surface area contributed by atoms with E-state index in [1.54, 1.807) is 6.92 Å². The van der Waals surface area contributed by atoms with Crippen LogP contribution >= 0.6 is 0 Å². The van der Waals surface area contributed by atoms with Crippen molar-refractivity contribution in [1.29, 1.82) is 0 Å². The summed E-state index contributed by atoms with van der Waals surface area (Å²) in [6.07, 6.45) is 11.4. The van der Waals surface area contributed by atoms with Crippen molar-refractivity contribution in [1.82, 2.24) is 0 Å². The molecule has 0 spiro atoms. The lowest BCUT2D eigenvalue weighted by Gasteiger charge is -2.16. The van der Waals surface area contributed by atoms with E-state index in [9.17, 15) is 4.39 Å². The van der Waals surface area contributed by atoms with Crippen LogP contribution in [0.15, 0.2) is 52.7 Å². The summed E-state index contributed by atoms with van der Waals surface area (Å²) in [5.41, 5.74) is 10.9. The van der Waals surface area contributed by atoms with Crippen molar-refractivity contribution in [2.75, 3.05) is 0 Å². The first-order chi connectivity index (χ1) is 13.4. The second kappa shape index (κ2) is 14.8. The van der Waals surface area contributed by atoms with Gasteiger partial charge in [0.1, 0.15) is 5.82 Å². The minimum Gasteiger partial charge on any atom is -0.387 e. The third-order valence-electron chi connectivity index (χ3n) is 4.40. The van der Waals surface area contributed by atoms with Crippen LogP contribution in [0.25, 0.3) is 5.57 Å². The topological polar surface area (TPSA) is 38.4 Å². The number of amidine groups is 1. The first-order valence-electron chi connectivity index (χ1n) is 10.6. The number of allylic oxidation sites excluding steroid dienone is 5. The van der Waals surface area contributed by atoms with Crippen molar-refractivity contribution in [2.45, 2.75) is 80.6 Å². The number of aryl methyl sites for hydroxylation is 1. The normalized spacial score (nSPS) is 14.1. The Kier molecular flexibility index (Phi) is 13.7. The summed E-state index contributed by atoms with van der Waals surface area (Å²) in [7, 11) is 0. The van der Waals surface area contributed by atoms with Crippen LogP contribution in [0.3, 0.4) is 0 Å². The van der Waals surface area contributed by atoms with E-state index in [-0.39, 0.29) is 5.82 Å². The number of rotatable bonds is 5. The Balaban J connectivity index is 0.00000108. The average molecular weight is 387 g/mol. The Morgan fingerprint density at radius 1 is 1.14 bits per heavy atom. The maximum absolute atomic E-state index is 13.5. The zero-order chi connectivity index (χ0) is 21.5. The highest BCUT2D eigenvalue weighted by Gasteiger charge is 2.12. The molecule has 2 N–H and O–H groups in total. The van der Waals surface area contributed by atoms with Crippen molar-refractivity contribution in [2.24, 2.45) is 10.7 Å². The quantitative estimate of drug-likeness (QED) is 0.516. The zero-order valence-electron chi connectivity index (χ0n) is 18.9. The molecule has 0 unspecified atom stereocenters. The van der Waals surface area contributed by atoms with Crippen molar-refractivity contribution in [3.63, 3.8) is 0 Å². The standard InChI is InChI=1S/C19H23FN2.C4H10.C2H6/c1-4-5-6-17(16-8-10-19(21)22-12-16)14(3)15-7-9-18(20)13(2)11-15;1-3-4-2;1-2/h5-7,9,11-12H,4,8,10H2,1-3H3,(H2,21,22);3-4H2,1-2H3;1-2H3/b6-5-,17-14-;;. The molecule has 1 aliphatic heterocycles. The summed E-state index contributed by atoms with van der Waals surface area (Å²) in [6.45, 7) is 14.3. The van der Waals surface area contributed by atoms with Crippen molar-refractivity contribution in [3.05, 3.63) is 64.6 Å². The van der Waals surface area contributed by atoms with Crippen molar-refractivity contribution < 1.29 is 4.39 Å². The number of aliphatic imine (C=N–C) groups is 1. The first-order valence-corrected chi connectivity index (χ1v) is 10.6. The van der Waals surface area contributed by atoms with E-state index in [0.29, 0.717) is 11.4 Å². The molecule has 0 atom stereocenters. The second-order valence-electron chi connectivity index (χ2n) is 6.59. The Labute approximate surface area is 172 Å². The van der Waals surface area contributed by atoms with E-state index in [2.05, 4.69) is 44.8 Å². The fraction of sp³-hybridized carbons (Fsp3) is 0.480. The fourth-order valence-corrected chi connectivity index (χ4v) is 2.50. The fourth-order valence-electron chi connectivity index (χ4n) is 2.50. The number of nitrogens with two attached hydrogens (primary N) is 1. The Morgan fingerprint density at radius 3 is 2.25 bits per heavy atom. The number of hydrogen-bond donors (Lipinski definition) is 1. The second-order valence-corrected chi connectivity index (χ2v) is 6.59. The summed E-state index contributed by atoms with van der Waals surface area (Å²) in [4.78, 5) is 4.25. The van der Waals surface area contributed by atoms with Crippen LogP contribution in [-0.4, -0.2) is 5.84 Å². The molecule has 0 aromatic heterocycles. The molecule has 3 heteroatoms. The van der Waals surface area contributed by atoms with Gasteiger partial charge in [-0.25, -0.2) is 9.38 Å². The highest BCUT2D eigenvalue weighted by atomic mass is 19.1. The molecule has 1 heterocycles. The Morgan fingerprint density at radius 2 is 1.79 bits per heavy atom. The van der Waals surface area contributed by atoms with E-state index in [1.165, 1.54) is 24.5 Å². The van der Waals surface area contributed by atoms with E-state index in [0.717, 1.165) is 36.0 Å². The van der Waals surface area contributed by atoms with E-state index >= 15 is 0 Å². The average Bonchev–Trinajstić information content (AvgIpc) is 2.73. The SMILES string of the molecule is CC.CC/C=C\C(C1=CN=C(N)CC1)=C(/C)c1ccc(F)c(C)c1.CCCC. The van der Waals surface area contributed by atoms with Gasteiger partial charge in [0.05, 0.1) is 5.84 Å². The van der Waals surface area contributed by atoms with E-state index in [4.69, 9.17) is 5.73 Å². The van der Waals surface area contributed by atoms with Gasteiger partial charge in [-0.2, -0.15) is 0 Å². The number of benzene rings is 1. The highest BCUT2D eigenvalue weighted by molar-refractivity contribution is 5.83. The van der Waals surface area contributed by atoms with E-state index < -0.39 is 0 Å². The largest absolute Gasteiger partial charge is 0.387 e. The molecule has 156 valence electrons. The Hall–Kier alpha value is -2.16. The van der Waals surface area contributed by atoms with Gasteiger partial charge < -0.3 is 5.73 Å². The zero-order valence-corrected chi connectivity index (χ0v) is 18.9. The van der Waals surface area contributed by atoms with Crippen LogP contribution in [-0.2, 0) is 0 Å². The molecule has 1 aliphatic rings. The van der Waals surface area contributed by atoms with Gasteiger partial charge in [-0.15, -0.1) is 0 Å². The molecule has 0 fully saturated rings. The molecule has 1 aromatic carbocycles. The van der Waals surface area contributed by atoms with Gasteiger partial charge in [0, 0.05) is 12.6 Å². The van der Waals surface area contributed by atoms with E-state index in [1.807, 2.05) is 32.2 Å². The predicted molar refractivity (Wildman–Crippen MR) is 124 cm³/mol. The van der Waals surface area contributed by atoms with Gasteiger partial charge in [0.2, 0.25) is 0 Å². The highest BCUT2D eigenvalue weighted by Crippen LogP contribution is 2.29. The van der Waals surface area contributed by atoms with Gasteiger partial charge in [0.25, 0.3) is 0 Å². The number of hydrogen-bond acceptors (Lipinski definition) is 2. The van der Waals surface area contributed by atoms with Gasteiger partial charge in [-0.1, -0.05) is 65.7 Å². The maximum atomic E-state index is 13.5. The molecule has 2 nitrogen and oxygen atoms in total. The molecule has 2 rings (SSSR count). The minimum absolute atomic E-state index is 0.170. The van der Waals surface area contributed by atoms with Crippen molar-refractivity contribution >= 4 is 11.4 Å². The van der Waals surface area contributed by atoms with Crippen molar-refractivity contribution in [3.8, 4) is 0 Å². The minimum atomic E-state index is -0.170. The molecule has 28 heavy (non-hydrogen) atoms. The lowest BCUT2D eigenvalue weighted by molar-refractivity contribution is 0.618. The summed E-state index contributed by atoms with van der Waals surface area (Å²) in [5, 5.41) is 0. The maximum Gasteiger partial charge on any atom is 0.126 e. The lowest BCUT2D eigenvalue weighted by Crippen LogP contribution is -2.14. The van der Waals surface area contributed by atoms with Gasteiger partial charge in [-0.05, 0) is 66.7 Å². The number of nitrogens with zero attached hydrogens (tertiary/aromatic N) is 1. The van der Waals surface area contributed by atoms with Gasteiger partial charge >= 0.3 is 0 Å². The van der Waals surface area contributed by atoms with Crippen LogP contribution in [0.2, 0.25) is 0 Å². The monoisotopic (exact) mass is 386 g/mol. The number of unbranched alkanes of at least 4 members (excludes halogenated alkanes) is 1. The molecular formula is C25H39FN2. The molecule has 0 amide bonds. The number of halogens is 1. The van der Waals surface area contributed by atoms with Gasteiger partial charge in [-0.3, -0.25) is 0 Å². The molecule has 0 saturated carbocycles. The van der Waals surface area contributed by atoms with Gasteiger partial charge in [0.15, 0.2) is 0 Å². The third-order valence-corrected chi connectivity index (χ3v) is 4.40. The molecule has 0 aliphatic carbocycles. The summed E-state index contributed by atoms with van der Waals surface area (Å²) < 4.78 is 13.5. The van der Waals surface area contributed by atoms with Crippen LogP contribution < -0.4 is 5.73 Å². The molecule has 0 bridgehead atoms. The smallest absolute Gasteiger partial charge is 0.126 e. The molecule has 1 aromatic rings. The van der Waals surface area contributed by atoms with Crippen LogP contribution in [0, 0.1) is 12.7 Å². The molecular weight excluding hydrogens is 347 g/mol. The molecule has 0 radical (unpaired) electrons. The van der Waals surface area contributed by atoms with Crippen LogP contribution in [0.4, 0.5) is 4.39 Å². The van der Waals surface area contributed by atoms with Crippen LogP contribution in [0.1, 0.15) is 84.8 Å². The predicted octanol–water partition coefficient (Wildman–Crippen LogP) is 7.74. The third kappa shape index (κ3) is 8.69.